The summed E-state index contributed by atoms with van der Waals surface area (Å²) in [6.07, 6.45) is 2.07. The molecule has 2 aromatic rings. The van der Waals surface area contributed by atoms with Crippen molar-refractivity contribution in [2.45, 2.75) is 25.4 Å². The second-order valence-corrected chi connectivity index (χ2v) is 6.49. The second-order valence-electron chi connectivity index (χ2n) is 6.10. The minimum atomic E-state index is -0.245. The van der Waals surface area contributed by atoms with Gasteiger partial charge in [-0.05, 0) is 43.4 Å². The lowest BCUT2D eigenvalue weighted by atomic mass is 10.0. The number of hydrogen-bond acceptors (Lipinski definition) is 4. The molecular formula is C18H22N4O2S. The highest BCUT2D eigenvalue weighted by molar-refractivity contribution is 7.80. The summed E-state index contributed by atoms with van der Waals surface area (Å²) in [5.74, 6) is -0.245. The molecule has 1 fully saturated rings. The number of pyridine rings is 1. The average molecular weight is 358 g/mol. The van der Waals surface area contributed by atoms with Crippen LogP contribution in [0.15, 0.2) is 36.5 Å². The van der Waals surface area contributed by atoms with Crippen LogP contribution in [0.3, 0.4) is 0 Å². The van der Waals surface area contributed by atoms with Crippen LogP contribution in [0.1, 0.15) is 35.6 Å². The van der Waals surface area contributed by atoms with Crippen molar-refractivity contribution in [1.82, 2.24) is 19.8 Å². The maximum Gasteiger partial charge on any atom is 0.307 e. The summed E-state index contributed by atoms with van der Waals surface area (Å²) in [5.41, 5.74) is 3.22. The van der Waals surface area contributed by atoms with Crippen LogP contribution >= 0.6 is 12.2 Å². The number of carbonyl (C=O) groups excluding carboxylic acids is 1. The van der Waals surface area contributed by atoms with Gasteiger partial charge >= 0.3 is 5.97 Å². The van der Waals surface area contributed by atoms with Gasteiger partial charge in [0.2, 0.25) is 0 Å². The van der Waals surface area contributed by atoms with Crippen LogP contribution < -0.4 is 5.32 Å². The highest BCUT2D eigenvalue weighted by atomic mass is 32.1. The number of aryl methyl sites for hydroxylation is 1. The summed E-state index contributed by atoms with van der Waals surface area (Å²) >= 11 is 5.56. The van der Waals surface area contributed by atoms with Gasteiger partial charge in [0.1, 0.15) is 0 Å². The van der Waals surface area contributed by atoms with E-state index in [4.69, 9.17) is 17.0 Å². The van der Waals surface area contributed by atoms with Crippen LogP contribution in [-0.2, 0) is 16.6 Å². The topological polar surface area (TPSA) is 59.4 Å². The zero-order valence-corrected chi connectivity index (χ0v) is 15.4. The van der Waals surface area contributed by atoms with Crippen molar-refractivity contribution in [3.63, 3.8) is 0 Å². The minimum Gasteiger partial charge on any atom is -0.469 e. The first-order valence-electron chi connectivity index (χ1n) is 8.20. The Morgan fingerprint density at radius 1 is 1.36 bits per heavy atom. The van der Waals surface area contributed by atoms with Crippen LogP contribution in [0.25, 0.3) is 0 Å². The number of nitrogens with one attached hydrogen (secondary N) is 1. The lowest BCUT2D eigenvalue weighted by Gasteiger charge is -2.28. The molecule has 0 aliphatic carbocycles. The van der Waals surface area contributed by atoms with Crippen molar-refractivity contribution < 1.29 is 9.53 Å². The van der Waals surface area contributed by atoms with E-state index in [0.717, 1.165) is 11.4 Å². The summed E-state index contributed by atoms with van der Waals surface area (Å²) in [5, 5.41) is 4.00. The molecular weight excluding hydrogens is 336 g/mol. The number of thiocarbonyl (C=S) groups is 1. The van der Waals surface area contributed by atoms with Gasteiger partial charge in [0.05, 0.1) is 31.3 Å². The number of carbonyl (C=O) groups is 1. The number of hydrogen-bond donors (Lipinski definition) is 1. The van der Waals surface area contributed by atoms with Crippen LogP contribution in [0.2, 0.25) is 0 Å². The van der Waals surface area contributed by atoms with Crippen molar-refractivity contribution in [3.05, 3.63) is 53.6 Å². The predicted octanol–water partition coefficient (Wildman–Crippen LogP) is 2.26. The highest BCUT2D eigenvalue weighted by Gasteiger charge is 2.41. The minimum absolute atomic E-state index is 0.0363. The fourth-order valence-electron chi connectivity index (χ4n) is 3.21. The first kappa shape index (κ1) is 17.4. The van der Waals surface area contributed by atoms with Gasteiger partial charge in [-0.2, -0.15) is 0 Å². The van der Waals surface area contributed by atoms with E-state index in [1.165, 1.54) is 12.8 Å². The van der Waals surface area contributed by atoms with Gasteiger partial charge in [0.15, 0.2) is 5.11 Å². The first-order chi connectivity index (χ1) is 12.0. The molecule has 1 saturated heterocycles. The van der Waals surface area contributed by atoms with E-state index in [9.17, 15) is 4.79 Å². The molecule has 1 aliphatic heterocycles. The molecule has 0 radical (unpaired) electrons. The SMILES string of the molecule is COC(=O)CCN1C(=S)N[C@H](c2ccccn2)[C@H]1c1ccc(C)n1C. The number of rotatable bonds is 5. The molecule has 0 bridgehead atoms. The molecule has 0 amide bonds. The Morgan fingerprint density at radius 3 is 2.76 bits per heavy atom. The number of esters is 1. The van der Waals surface area contributed by atoms with Gasteiger partial charge < -0.3 is 19.5 Å². The average Bonchev–Trinajstić information content (AvgIpc) is 3.13. The van der Waals surface area contributed by atoms with Gasteiger partial charge in [-0.15, -0.1) is 0 Å². The summed E-state index contributed by atoms with van der Waals surface area (Å²) < 4.78 is 6.93. The summed E-state index contributed by atoms with van der Waals surface area (Å²) in [4.78, 5) is 18.2. The lowest BCUT2D eigenvalue weighted by molar-refractivity contribution is -0.140. The Kier molecular flexibility index (Phi) is 5.03. The van der Waals surface area contributed by atoms with E-state index in [0.29, 0.717) is 11.7 Å². The van der Waals surface area contributed by atoms with Crippen molar-refractivity contribution in [2.24, 2.45) is 7.05 Å². The maximum atomic E-state index is 11.6. The molecule has 2 aromatic heterocycles. The van der Waals surface area contributed by atoms with Gasteiger partial charge in [-0.3, -0.25) is 9.78 Å². The van der Waals surface area contributed by atoms with Gasteiger partial charge in [-0.1, -0.05) is 6.07 Å². The lowest BCUT2D eigenvalue weighted by Crippen LogP contribution is -2.32. The molecule has 2 atom stereocenters. The molecule has 0 unspecified atom stereocenters. The zero-order chi connectivity index (χ0) is 18.0. The van der Waals surface area contributed by atoms with Crippen LogP contribution in [0.5, 0.6) is 0 Å². The fraction of sp³-hybridized carbons (Fsp3) is 0.389. The number of ether oxygens (including phenoxy) is 1. The Hall–Kier alpha value is -2.41. The summed E-state index contributed by atoms with van der Waals surface area (Å²) in [6.45, 7) is 2.56. The largest absolute Gasteiger partial charge is 0.469 e. The molecule has 1 aliphatic rings. The van der Waals surface area contributed by atoms with E-state index in [1.807, 2.05) is 25.2 Å². The fourth-order valence-corrected chi connectivity index (χ4v) is 3.54. The standard InChI is InChI=1S/C18H22N4O2S/c1-12-7-8-14(21(12)2)17-16(13-6-4-5-10-19-13)20-18(25)22(17)11-9-15(23)24-3/h4-8,10,16-17H,9,11H2,1-3H3,(H,20,25)/t16-,17-/m1/s1. The van der Waals surface area contributed by atoms with Crippen molar-refractivity contribution in [3.8, 4) is 0 Å². The zero-order valence-electron chi connectivity index (χ0n) is 14.6. The third-order valence-electron chi connectivity index (χ3n) is 4.70. The van der Waals surface area contributed by atoms with Crippen molar-refractivity contribution in [1.29, 1.82) is 0 Å². The van der Waals surface area contributed by atoms with E-state index in [2.05, 4.69) is 38.8 Å². The molecule has 25 heavy (non-hydrogen) atoms. The normalized spacial score (nSPS) is 19.8. The quantitative estimate of drug-likeness (QED) is 0.654. The van der Waals surface area contributed by atoms with Crippen LogP contribution in [0, 0.1) is 6.92 Å². The molecule has 3 heterocycles. The Balaban J connectivity index is 1.97. The van der Waals surface area contributed by atoms with Crippen LogP contribution in [-0.4, -0.2) is 39.2 Å². The molecule has 132 valence electrons. The molecule has 0 saturated carbocycles. The molecule has 0 spiro atoms. The summed E-state index contributed by atoms with van der Waals surface area (Å²) in [6, 6.07) is 9.95. The third kappa shape index (κ3) is 3.37. The van der Waals surface area contributed by atoms with Gasteiger partial charge in [-0.25, -0.2) is 0 Å². The number of methoxy groups -OCH3 is 1. The van der Waals surface area contributed by atoms with Crippen molar-refractivity contribution >= 4 is 23.3 Å². The molecule has 7 heteroatoms. The van der Waals surface area contributed by atoms with Gasteiger partial charge in [0.25, 0.3) is 0 Å². The van der Waals surface area contributed by atoms with Crippen LogP contribution in [0.4, 0.5) is 0 Å². The molecule has 3 rings (SSSR count). The molecule has 6 nitrogen and oxygen atoms in total. The summed E-state index contributed by atoms with van der Waals surface area (Å²) in [7, 11) is 3.44. The smallest absolute Gasteiger partial charge is 0.307 e. The third-order valence-corrected chi connectivity index (χ3v) is 5.05. The van der Waals surface area contributed by atoms with E-state index >= 15 is 0 Å². The Morgan fingerprint density at radius 2 is 2.16 bits per heavy atom. The predicted molar refractivity (Wildman–Crippen MR) is 98.9 cm³/mol. The number of aromatic nitrogens is 2. The first-order valence-corrected chi connectivity index (χ1v) is 8.61. The van der Waals surface area contributed by atoms with E-state index in [-0.39, 0.29) is 24.5 Å². The highest BCUT2D eigenvalue weighted by Crippen LogP contribution is 2.38. The van der Waals surface area contributed by atoms with Crippen molar-refractivity contribution in [2.75, 3.05) is 13.7 Å². The molecule has 0 aromatic carbocycles. The van der Waals surface area contributed by atoms with Gasteiger partial charge in [0, 0.05) is 31.2 Å². The monoisotopic (exact) mass is 358 g/mol. The Labute approximate surface area is 152 Å². The molecule has 1 N–H and O–H groups in total. The van der Waals surface area contributed by atoms with E-state index < -0.39 is 0 Å². The van der Waals surface area contributed by atoms with E-state index in [1.54, 1.807) is 6.20 Å². The maximum absolute atomic E-state index is 11.6. The number of nitrogens with zero attached hydrogens (tertiary/aromatic N) is 3. The second kappa shape index (κ2) is 7.23. The Bertz CT molecular complexity index is 775.